The van der Waals surface area contributed by atoms with E-state index in [1.54, 1.807) is 6.33 Å². The van der Waals surface area contributed by atoms with Crippen LogP contribution >= 0.6 is 11.6 Å². The van der Waals surface area contributed by atoms with Gasteiger partial charge in [0.2, 0.25) is 0 Å². The van der Waals surface area contributed by atoms with Gasteiger partial charge >= 0.3 is 0 Å². The number of aliphatic hydroxyl groups excluding tert-OH is 1. The van der Waals surface area contributed by atoms with E-state index in [-0.39, 0.29) is 18.9 Å². The Morgan fingerprint density at radius 1 is 1.39 bits per heavy atom. The molecule has 2 atom stereocenters. The number of halogens is 1. The highest BCUT2D eigenvalue weighted by molar-refractivity contribution is 6.33. The van der Waals surface area contributed by atoms with Crippen LogP contribution in [0.15, 0.2) is 12.7 Å². The fourth-order valence-corrected chi connectivity index (χ4v) is 2.43. The van der Waals surface area contributed by atoms with E-state index in [1.807, 2.05) is 4.57 Å². The Morgan fingerprint density at radius 3 is 3.11 bits per heavy atom. The van der Waals surface area contributed by atoms with Gasteiger partial charge in [0.25, 0.3) is 0 Å². The summed E-state index contributed by atoms with van der Waals surface area (Å²) in [6, 6.07) is 0. The molecule has 0 bridgehead atoms. The van der Waals surface area contributed by atoms with Crippen molar-refractivity contribution in [3.63, 3.8) is 0 Å². The molecule has 1 saturated heterocycles. The molecule has 0 radical (unpaired) electrons. The van der Waals surface area contributed by atoms with Crippen molar-refractivity contribution in [1.29, 1.82) is 0 Å². The van der Waals surface area contributed by atoms with Gasteiger partial charge in [0.1, 0.15) is 18.1 Å². The first kappa shape index (κ1) is 11.8. The van der Waals surface area contributed by atoms with E-state index in [2.05, 4.69) is 15.0 Å². The van der Waals surface area contributed by atoms with Gasteiger partial charge < -0.3 is 9.84 Å². The predicted octanol–water partition coefficient (Wildman–Crippen LogP) is 1.54. The lowest BCUT2D eigenvalue weighted by Gasteiger charge is -2.29. The van der Waals surface area contributed by atoms with Crippen molar-refractivity contribution in [3.8, 4) is 0 Å². The van der Waals surface area contributed by atoms with Crippen LogP contribution in [0.4, 0.5) is 0 Å². The van der Waals surface area contributed by atoms with Gasteiger partial charge in [-0.05, 0) is 19.3 Å². The summed E-state index contributed by atoms with van der Waals surface area (Å²) < 4.78 is 7.65. The highest BCUT2D eigenvalue weighted by atomic mass is 35.5. The lowest BCUT2D eigenvalue weighted by molar-refractivity contribution is -0.105. The maximum absolute atomic E-state index is 9.17. The van der Waals surface area contributed by atoms with Gasteiger partial charge in [-0.3, -0.25) is 4.57 Å². The molecule has 0 unspecified atom stereocenters. The van der Waals surface area contributed by atoms with Crippen molar-refractivity contribution in [2.75, 3.05) is 6.61 Å². The minimum Gasteiger partial charge on any atom is -0.394 e. The van der Waals surface area contributed by atoms with Crippen LogP contribution in [-0.2, 0) is 4.74 Å². The zero-order valence-electron chi connectivity index (χ0n) is 9.66. The highest BCUT2D eigenvalue weighted by Crippen LogP contribution is 2.29. The largest absolute Gasteiger partial charge is 0.394 e. The topological polar surface area (TPSA) is 73.1 Å². The number of aliphatic hydroxyl groups is 1. The Bertz CT molecular complexity index is 559. The van der Waals surface area contributed by atoms with E-state index in [1.165, 1.54) is 6.33 Å². The second kappa shape index (κ2) is 4.79. The summed E-state index contributed by atoms with van der Waals surface area (Å²) in [6.07, 6.45) is 5.59. The number of aromatic nitrogens is 4. The first-order valence-electron chi connectivity index (χ1n) is 5.89. The number of rotatable bonds is 2. The van der Waals surface area contributed by atoms with Gasteiger partial charge in [-0.1, -0.05) is 11.6 Å². The lowest BCUT2D eigenvalue weighted by atomic mass is 10.1. The molecule has 3 heterocycles. The third-order valence-electron chi connectivity index (χ3n) is 3.15. The summed E-state index contributed by atoms with van der Waals surface area (Å²) in [5, 5.41) is 9.51. The van der Waals surface area contributed by atoms with Crippen LogP contribution in [-0.4, -0.2) is 37.3 Å². The maximum Gasteiger partial charge on any atom is 0.166 e. The average Bonchev–Trinajstić information content (AvgIpc) is 2.84. The Balaban J connectivity index is 1.96. The van der Waals surface area contributed by atoms with E-state index < -0.39 is 0 Å². The third-order valence-corrected chi connectivity index (χ3v) is 3.43. The Kier molecular flexibility index (Phi) is 3.15. The second-order valence-corrected chi connectivity index (χ2v) is 4.67. The Hall–Kier alpha value is -1.24. The van der Waals surface area contributed by atoms with Crippen LogP contribution in [0.2, 0.25) is 5.15 Å². The molecule has 0 amide bonds. The van der Waals surface area contributed by atoms with Crippen molar-refractivity contribution >= 4 is 22.8 Å². The Labute approximate surface area is 109 Å². The fraction of sp³-hybridized carbons (Fsp3) is 0.545. The van der Waals surface area contributed by atoms with Crippen molar-refractivity contribution in [2.24, 2.45) is 0 Å². The molecule has 1 N–H and O–H groups in total. The van der Waals surface area contributed by atoms with Crippen LogP contribution in [0.1, 0.15) is 25.5 Å². The lowest BCUT2D eigenvalue weighted by Crippen LogP contribution is -2.28. The van der Waals surface area contributed by atoms with E-state index in [9.17, 15) is 0 Å². The molecule has 96 valence electrons. The van der Waals surface area contributed by atoms with Gasteiger partial charge in [0.05, 0.1) is 19.0 Å². The van der Waals surface area contributed by atoms with E-state index in [4.69, 9.17) is 21.4 Å². The van der Waals surface area contributed by atoms with Gasteiger partial charge in [0, 0.05) is 0 Å². The van der Waals surface area contributed by atoms with Crippen LogP contribution in [0, 0.1) is 0 Å². The summed E-state index contributed by atoms with van der Waals surface area (Å²) in [7, 11) is 0. The van der Waals surface area contributed by atoms with E-state index >= 15 is 0 Å². The quantitative estimate of drug-likeness (QED) is 0.837. The standard InChI is InChI=1S/C11H13ClN4O2/c12-10-9-11(14-5-13-10)16(6-15-9)8-3-1-2-7(4-17)18-8/h5-8,17H,1-4H2/t7-,8-/m0/s1. The average molecular weight is 269 g/mol. The minimum absolute atomic E-state index is 0.0405. The molecule has 1 aliphatic rings. The smallest absolute Gasteiger partial charge is 0.166 e. The van der Waals surface area contributed by atoms with Gasteiger partial charge in [-0.25, -0.2) is 15.0 Å². The van der Waals surface area contributed by atoms with Crippen LogP contribution < -0.4 is 0 Å². The van der Waals surface area contributed by atoms with Gasteiger partial charge in [-0.2, -0.15) is 0 Å². The molecule has 0 spiro atoms. The zero-order valence-corrected chi connectivity index (χ0v) is 10.4. The summed E-state index contributed by atoms with van der Waals surface area (Å²) in [5.74, 6) is 0. The van der Waals surface area contributed by atoms with Crippen molar-refractivity contribution < 1.29 is 9.84 Å². The monoisotopic (exact) mass is 268 g/mol. The Morgan fingerprint density at radius 2 is 2.28 bits per heavy atom. The number of hydrogen-bond acceptors (Lipinski definition) is 5. The first-order valence-corrected chi connectivity index (χ1v) is 6.26. The van der Waals surface area contributed by atoms with Crippen LogP contribution in [0.3, 0.4) is 0 Å². The molecule has 3 rings (SSSR count). The molecular formula is C11H13ClN4O2. The summed E-state index contributed by atoms with van der Waals surface area (Å²) in [4.78, 5) is 12.3. The molecule has 2 aromatic heterocycles. The fourth-order valence-electron chi connectivity index (χ4n) is 2.25. The van der Waals surface area contributed by atoms with Crippen LogP contribution in [0.5, 0.6) is 0 Å². The number of ether oxygens (including phenoxy) is 1. The van der Waals surface area contributed by atoms with E-state index in [0.29, 0.717) is 16.3 Å². The molecule has 0 aliphatic carbocycles. The van der Waals surface area contributed by atoms with Crippen molar-refractivity contribution in [3.05, 3.63) is 17.8 Å². The number of fused-ring (bicyclic) bond motifs is 1. The molecule has 6 nitrogen and oxygen atoms in total. The molecule has 1 aliphatic heterocycles. The summed E-state index contributed by atoms with van der Waals surface area (Å²) in [5.41, 5.74) is 1.24. The highest BCUT2D eigenvalue weighted by Gasteiger charge is 2.25. The normalized spacial score (nSPS) is 24.6. The molecule has 7 heteroatoms. The molecular weight excluding hydrogens is 256 g/mol. The van der Waals surface area contributed by atoms with Gasteiger partial charge in [0.15, 0.2) is 10.8 Å². The molecule has 18 heavy (non-hydrogen) atoms. The summed E-state index contributed by atoms with van der Waals surface area (Å²) >= 11 is 5.96. The molecule has 2 aromatic rings. The zero-order chi connectivity index (χ0) is 12.5. The molecule has 1 fully saturated rings. The van der Waals surface area contributed by atoms with Gasteiger partial charge in [-0.15, -0.1) is 0 Å². The predicted molar refractivity (Wildman–Crippen MR) is 65.2 cm³/mol. The molecule has 0 saturated carbocycles. The number of hydrogen-bond donors (Lipinski definition) is 1. The van der Waals surface area contributed by atoms with E-state index in [0.717, 1.165) is 19.3 Å². The molecule has 0 aromatic carbocycles. The number of imidazole rings is 1. The number of nitrogens with zero attached hydrogens (tertiary/aromatic N) is 4. The maximum atomic E-state index is 9.17. The SMILES string of the molecule is OC[C@@H]1CCC[C@@H](n2cnc3c(Cl)ncnc32)O1. The van der Waals surface area contributed by atoms with Crippen molar-refractivity contribution in [1.82, 2.24) is 19.5 Å². The van der Waals surface area contributed by atoms with Crippen molar-refractivity contribution in [2.45, 2.75) is 31.6 Å². The minimum atomic E-state index is -0.146. The first-order chi connectivity index (χ1) is 8.79. The summed E-state index contributed by atoms with van der Waals surface area (Å²) in [6.45, 7) is 0.0405. The second-order valence-electron chi connectivity index (χ2n) is 4.31. The third kappa shape index (κ3) is 1.96. The van der Waals surface area contributed by atoms with Crippen LogP contribution in [0.25, 0.3) is 11.2 Å².